The van der Waals surface area contributed by atoms with Crippen molar-refractivity contribution in [3.05, 3.63) is 35.1 Å². The van der Waals surface area contributed by atoms with Gasteiger partial charge in [-0.05, 0) is 23.1 Å². The maximum absolute atomic E-state index is 11.4. The van der Waals surface area contributed by atoms with Crippen molar-refractivity contribution >= 4 is 37.9 Å². The smallest absolute Gasteiger partial charge is 0.147 e. The summed E-state index contributed by atoms with van der Waals surface area (Å²) in [5.41, 5.74) is 2.07. The van der Waals surface area contributed by atoms with Crippen LogP contribution in [0.25, 0.3) is 10.8 Å². The van der Waals surface area contributed by atoms with Crippen LogP contribution in [0.3, 0.4) is 0 Å². The highest BCUT2D eigenvalue weighted by molar-refractivity contribution is 7.90. The maximum atomic E-state index is 11.4. The second kappa shape index (κ2) is 6.50. The van der Waals surface area contributed by atoms with E-state index < -0.39 is 9.84 Å². The molecule has 5 nitrogen and oxygen atoms in total. The molecule has 0 saturated carbocycles. The summed E-state index contributed by atoms with van der Waals surface area (Å²) in [5.74, 6) is 0.409. The lowest BCUT2D eigenvalue weighted by Crippen LogP contribution is -2.49. The minimum absolute atomic E-state index is 0.00869. The second-order valence-electron chi connectivity index (χ2n) is 6.67. The van der Waals surface area contributed by atoms with E-state index in [1.807, 2.05) is 25.1 Å². The molecule has 1 aromatic carbocycles. The molecule has 0 spiro atoms. The van der Waals surface area contributed by atoms with Gasteiger partial charge in [0.15, 0.2) is 0 Å². The van der Waals surface area contributed by atoms with E-state index in [1.165, 1.54) is 6.26 Å². The third-order valence-electron chi connectivity index (χ3n) is 4.52. The number of fused-ring (bicyclic) bond motifs is 1. The lowest BCUT2D eigenvalue weighted by Gasteiger charge is -2.41. The first kappa shape index (κ1) is 17.5. The molecule has 3 rings (SSSR count). The maximum Gasteiger partial charge on any atom is 0.147 e. The Morgan fingerprint density at radius 3 is 2.71 bits per heavy atom. The molecule has 7 heteroatoms. The minimum atomic E-state index is -2.94. The lowest BCUT2D eigenvalue weighted by molar-refractivity contribution is 0.273. The minimum Gasteiger partial charge on any atom is -0.396 e. The highest BCUT2D eigenvalue weighted by Gasteiger charge is 2.31. The molecule has 1 aliphatic heterocycles. The van der Waals surface area contributed by atoms with Gasteiger partial charge in [-0.15, -0.1) is 0 Å². The summed E-state index contributed by atoms with van der Waals surface area (Å²) < 4.78 is 22.8. The SMILES string of the molecule is CC(CO)c1ccc(N2CC(CS(C)(=O)=O)C2)c2cnc(Cl)cc12. The Bertz CT molecular complexity index is 864. The second-order valence-corrected chi connectivity index (χ2v) is 9.25. The van der Waals surface area contributed by atoms with Crippen LogP contribution in [0.2, 0.25) is 5.15 Å². The largest absolute Gasteiger partial charge is 0.396 e. The van der Waals surface area contributed by atoms with Gasteiger partial charge in [0.25, 0.3) is 0 Å². The lowest BCUT2D eigenvalue weighted by atomic mass is 9.93. The molecule has 1 N–H and O–H groups in total. The summed E-state index contributed by atoms with van der Waals surface area (Å²) >= 11 is 6.06. The molecule has 0 radical (unpaired) electrons. The first-order valence-corrected chi connectivity index (χ1v) is 10.3. The van der Waals surface area contributed by atoms with Crippen LogP contribution in [0.5, 0.6) is 0 Å². The predicted octanol–water partition coefficient (Wildman–Crippen LogP) is 2.46. The molecule has 1 saturated heterocycles. The van der Waals surface area contributed by atoms with Gasteiger partial charge in [0.05, 0.1) is 5.75 Å². The number of benzene rings is 1. The van der Waals surface area contributed by atoms with Gasteiger partial charge in [0.2, 0.25) is 0 Å². The van der Waals surface area contributed by atoms with Crippen LogP contribution in [0.15, 0.2) is 24.4 Å². The van der Waals surface area contributed by atoms with Crippen molar-refractivity contribution in [3.8, 4) is 0 Å². The van der Waals surface area contributed by atoms with Crippen LogP contribution in [0.4, 0.5) is 5.69 Å². The molecular formula is C17H21ClN2O3S. The topological polar surface area (TPSA) is 70.5 Å². The zero-order chi connectivity index (χ0) is 17.5. The summed E-state index contributed by atoms with van der Waals surface area (Å²) in [4.78, 5) is 6.36. The number of rotatable bonds is 5. The van der Waals surface area contributed by atoms with Crippen molar-refractivity contribution in [2.45, 2.75) is 12.8 Å². The van der Waals surface area contributed by atoms with Gasteiger partial charge in [0, 0.05) is 55.1 Å². The molecule has 1 aromatic heterocycles. The Balaban J connectivity index is 1.94. The van der Waals surface area contributed by atoms with E-state index in [0.29, 0.717) is 5.15 Å². The zero-order valence-corrected chi connectivity index (χ0v) is 15.3. The van der Waals surface area contributed by atoms with Crippen molar-refractivity contribution in [3.63, 3.8) is 0 Å². The van der Waals surface area contributed by atoms with Crippen LogP contribution < -0.4 is 4.90 Å². The number of halogens is 1. The van der Waals surface area contributed by atoms with E-state index in [4.69, 9.17) is 11.6 Å². The Kier molecular flexibility index (Phi) is 4.73. The Morgan fingerprint density at radius 2 is 2.08 bits per heavy atom. The summed E-state index contributed by atoms with van der Waals surface area (Å²) in [6.07, 6.45) is 3.03. The molecule has 1 atom stereocenters. The quantitative estimate of drug-likeness (QED) is 0.821. The third-order valence-corrected chi connectivity index (χ3v) is 5.80. The van der Waals surface area contributed by atoms with E-state index in [9.17, 15) is 13.5 Å². The van der Waals surface area contributed by atoms with E-state index in [0.717, 1.165) is 35.1 Å². The van der Waals surface area contributed by atoms with Gasteiger partial charge in [-0.2, -0.15) is 0 Å². The van der Waals surface area contributed by atoms with Gasteiger partial charge in [-0.1, -0.05) is 24.6 Å². The van der Waals surface area contributed by atoms with Crippen molar-refractivity contribution in [1.29, 1.82) is 0 Å². The summed E-state index contributed by atoms with van der Waals surface area (Å²) in [6.45, 7) is 3.47. The van der Waals surface area contributed by atoms with Crippen molar-refractivity contribution in [1.82, 2.24) is 4.98 Å². The van der Waals surface area contributed by atoms with Crippen LogP contribution in [-0.4, -0.2) is 50.2 Å². The molecule has 1 aliphatic rings. The standard InChI is InChI=1S/C17H21ClN2O3S/c1-11(9-21)13-3-4-16(15-6-19-17(18)5-14(13)15)20-7-12(8-20)10-24(2,22)23/h3-6,11-12,21H,7-10H2,1-2H3. The van der Waals surface area contributed by atoms with Crippen molar-refractivity contribution in [2.24, 2.45) is 5.92 Å². The molecule has 2 aromatic rings. The van der Waals surface area contributed by atoms with Gasteiger partial charge in [-0.25, -0.2) is 13.4 Å². The number of hydrogen-bond donors (Lipinski definition) is 1. The van der Waals surface area contributed by atoms with Crippen molar-refractivity contribution < 1.29 is 13.5 Å². The van der Waals surface area contributed by atoms with Crippen molar-refractivity contribution in [2.75, 3.05) is 36.6 Å². The number of aliphatic hydroxyl groups excluding tert-OH is 1. The van der Waals surface area contributed by atoms with E-state index in [-0.39, 0.29) is 24.2 Å². The fraction of sp³-hybridized carbons (Fsp3) is 0.471. The number of pyridine rings is 1. The molecule has 2 heterocycles. The first-order valence-electron chi connectivity index (χ1n) is 7.90. The Morgan fingerprint density at radius 1 is 1.38 bits per heavy atom. The van der Waals surface area contributed by atoms with E-state index in [1.54, 1.807) is 6.20 Å². The van der Waals surface area contributed by atoms with Crippen LogP contribution in [0.1, 0.15) is 18.4 Å². The highest BCUT2D eigenvalue weighted by Crippen LogP contribution is 2.36. The normalized spacial score (nSPS) is 17.1. The molecule has 0 amide bonds. The average Bonchev–Trinajstić information content (AvgIpc) is 2.48. The van der Waals surface area contributed by atoms with Crippen LogP contribution in [-0.2, 0) is 9.84 Å². The molecule has 130 valence electrons. The average molecular weight is 369 g/mol. The van der Waals surface area contributed by atoms with Gasteiger partial charge < -0.3 is 10.0 Å². The molecule has 1 fully saturated rings. The van der Waals surface area contributed by atoms with Gasteiger partial charge in [0.1, 0.15) is 15.0 Å². The van der Waals surface area contributed by atoms with Gasteiger partial charge in [-0.3, -0.25) is 0 Å². The summed E-state index contributed by atoms with van der Waals surface area (Å²) in [5, 5.41) is 11.9. The Labute approximate surface area is 147 Å². The molecule has 24 heavy (non-hydrogen) atoms. The van der Waals surface area contributed by atoms with E-state index >= 15 is 0 Å². The number of aliphatic hydroxyl groups is 1. The van der Waals surface area contributed by atoms with E-state index in [2.05, 4.69) is 9.88 Å². The fourth-order valence-electron chi connectivity index (χ4n) is 3.33. The molecular weight excluding hydrogens is 348 g/mol. The zero-order valence-electron chi connectivity index (χ0n) is 13.7. The molecule has 0 aliphatic carbocycles. The number of aromatic nitrogens is 1. The summed E-state index contributed by atoms with van der Waals surface area (Å²) in [6, 6.07) is 5.87. The van der Waals surface area contributed by atoms with Gasteiger partial charge >= 0.3 is 0 Å². The molecule has 0 bridgehead atoms. The summed E-state index contributed by atoms with van der Waals surface area (Å²) in [7, 11) is -2.94. The molecule has 1 unspecified atom stereocenters. The third kappa shape index (κ3) is 3.50. The first-order chi connectivity index (χ1) is 11.3. The van der Waals surface area contributed by atoms with Crippen LogP contribution >= 0.6 is 11.6 Å². The predicted molar refractivity (Wildman–Crippen MR) is 97.7 cm³/mol. The van der Waals surface area contributed by atoms with Crippen LogP contribution in [0, 0.1) is 5.92 Å². The fourth-order valence-corrected chi connectivity index (χ4v) is 4.55. The highest BCUT2D eigenvalue weighted by atomic mass is 35.5. The number of hydrogen-bond acceptors (Lipinski definition) is 5. The monoisotopic (exact) mass is 368 g/mol. The Hall–Kier alpha value is -1.37. The number of sulfone groups is 1. The number of anilines is 1. The number of nitrogens with zero attached hydrogens (tertiary/aromatic N) is 2.